The fraction of sp³-hybridized carbons (Fsp3) is 0.273. The van der Waals surface area contributed by atoms with Gasteiger partial charge in [-0.15, -0.1) is 5.10 Å². The van der Waals surface area contributed by atoms with Crippen LogP contribution in [0.3, 0.4) is 0 Å². The zero-order chi connectivity index (χ0) is 11.7. The van der Waals surface area contributed by atoms with Crippen molar-refractivity contribution < 1.29 is 4.79 Å². The molecule has 2 aromatic heterocycles. The monoisotopic (exact) mass is 216 g/mol. The molecule has 0 saturated carbocycles. The molecule has 2 heterocycles. The third kappa shape index (κ3) is 1.71. The predicted molar refractivity (Wildman–Crippen MR) is 58.1 cm³/mol. The first-order chi connectivity index (χ1) is 7.59. The van der Waals surface area contributed by atoms with Crippen LogP contribution in [0.25, 0.3) is 0 Å². The van der Waals surface area contributed by atoms with Crippen LogP contribution in [0.2, 0.25) is 0 Å². The summed E-state index contributed by atoms with van der Waals surface area (Å²) in [6.07, 6.45) is 3.13. The standard InChI is InChI=1S/C11H12N4O/c1-7-4-8(2)10(12-5-7)11(16)9-6-13-14-15(9)3/h4-6H,1-3H3. The second kappa shape index (κ2) is 3.84. The van der Waals surface area contributed by atoms with Crippen LogP contribution in [0.1, 0.15) is 27.3 Å². The van der Waals surface area contributed by atoms with E-state index in [1.54, 1.807) is 13.2 Å². The van der Waals surface area contributed by atoms with Crippen LogP contribution in [0, 0.1) is 13.8 Å². The van der Waals surface area contributed by atoms with Crippen molar-refractivity contribution in [3.05, 3.63) is 41.0 Å². The molecule has 0 aliphatic carbocycles. The molecule has 0 bridgehead atoms. The van der Waals surface area contributed by atoms with E-state index in [1.807, 2.05) is 19.9 Å². The van der Waals surface area contributed by atoms with Gasteiger partial charge in [-0.3, -0.25) is 9.78 Å². The smallest absolute Gasteiger partial charge is 0.231 e. The average Bonchev–Trinajstić information content (AvgIpc) is 2.63. The van der Waals surface area contributed by atoms with Crippen molar-refractivity contribution in [1.29, 1.82) is 0 Å². The molecule has 16 heavy (non-hydrogen) atoms. The molecule has 0 radical (unpaired) electrons. The van der Waals surface area contributed by atoms with Crippen LogP contribution < -0.4 is 0 Å². The minimum atomic E-state index is -0.148. The number of hydrogen-bond donors (Lipinski definition) is 0. The molecule has 5 heteroatoms. The zero-order valence-electron chi connectivity index (χ0n) is 9.43. The molecule has 0 spiro atoms. The van der Waals surface area contributed by atoms with E-state index in [2.05, 4.69) is 15.3 Å². The highest BCUT2D eigenvalue weighted by Crippen LogP contribution is 2.11. The van der Waals surface area contributed by atoms with E-state index in [1.165, 1.54) is 10.9 Å². The average molecular weight is 216 g/mol. The SMILES string of the molecule is Cc1cnc(C(=O)c2cnnn2C)c(C)c1. The van der Waals surface area contributed by atoms with Gasteiger partial charge in [0.1, 0.15) is 11.4 Å². The van der Waals surface area contributed by atoms with E-state index in [0.717, 1.165) is 11.1 Å². The van der Waals surface area contributed by atoms with Crippen molar-refractivity contribution >= 4 is 5.78 Å². The zero-order valence-corrected chi connectivity index (χ0v) is 9.43. The summed E-state index contributed by atoms with van der Waals surface area (Å²) in [6, 6.07) is 1.93. The number of carbonyl (C=O) groups is 1. The van der Waals surface area contributed by atoms with E-state index < -0.39 is 0 Å². The van der Waals surface area contributed by atoms with E-state index in [4.69, 9.17) is 0 Å². The second-order valence-electron chi connectivity index (χ2n) is 3.75. The summed E-state index contributed by atoms with van der Waals surface area (Å²) in [6.45, 7) is 3.82. The van der Waals surface area contributed by atoms with Crippen LogP contribution in [0.15, 0.2) is 18.5 Å². The summed E-state index contributed by atoms with van der Waals surface area (Å²) in [5.74, 6) is -0.148. The summed E-state index contributed by atoms with van der Waals surface area (Å²) in [4.78, 5) is 16.3. The van der Waals surface area contributed by atoms with E-state index in [9.17, 15) is 4.79 Å². The Kier molecular flexibility index (Phi) is 2.52. The van der Waals surface area contributed by atoms with Crippen molar-refractivity contribution in [3.8, 4) is 0 Å². The molecule has 0 N–H and O–H groups in total. The Morgan fingerprint density at radius 1 is 1.31 bits per heavy atom. The normalized spacial score (nSPS) is 10.4. The van der Waals surface area contributed by atoms with E-state index in [-0.39, 0.29) is 5.78 Å². The van der Waals surface area contributed by atoms with Crippen LogP contribution in [0.5, 0.6) is 0 Å². The Hall–Kier alpha value is -2.04. The summed E-state index contributed by atoms with van der Waals surface area (Å²) >= 11 is 0. The number of carbonyl (C=O) groups excluding carboxylic acids is 1. The van der Waals surface area contributed by atoms with Gasteiger partial charge < -0.3 is 0 Å². The number of hydrogen-bond acceptors (Lipinski definition) is 4. The molecule has 5 nitrogen and oxygen atoms in total. The van der Waals surface area contributed by atoms with Gasteiger partial charge in [0, 0.05) is 13.2 Å². The van der Waals surface area contributed by atoms with Gasteiger partial charge in [0.05, 0.1) is 6.20 Å². The molecular formula is C11H12N4O. The molecule has 2 rings (SSSR count). The van der Waals surface area contributed by atoms with Gasteiger partial charge in [-0.25, -0.2) is 4.68 Å². The second-order valence-corrected chi connectivity index (χ2v) is 3.75. The van der Waals surface area contributed by atoms with E-state index >= 15 is 0 Å². The van der Waals surface area contributed by atoms with Gasteiger partial charge in [-0.2, -0.15) is 0 Å². The van der Waals surface area contributed by atoms with Crippen molar-refractivity contribution in [1.82, 2.24) is 20.0 Å². The quantitative estimate of drug-likeness (QED) is 0.704. The molecule has 0 atom stereocenters. The molecule has 0 unspecified atom stereocenters. The summed E-state index contributed by atoms with van der Waals surface area (Å²) in [5, 5.41) is 7.41. The van der Waals surface area contributed by atoms with Crippen LogP contribution in [-0.4, -0.2) is 25.8 Å². The maximum atomic E-state index is 12.1. The maximum absolute atomic E-state index is 12.1. The lowest BCUT2D eigenvalue weighted by Crippen LogP contribution is -2.11. The van der Waals surface area contributed by atoms with Gasteiger partial charge in [-0.1, -0.05) is 11.3 Å². The summed E-state index contributed by atoms with van der Waals surface area (Å²) in [5.41, 5.74) is 2.80. The minimum absolute atomic E-state index is 0.148. The van der Waals surface area contributed by atoms with Crippen molar-refractivity contribution in [2.24, 2.45) is 7.05 Å². The van der Waals surface area contributed by atoms with Gasteiger partial charge in [0.2, 0.25) is 5.78 Å². The lowest BCUT2D eigenvalue weighted by Gasteiger charge is -2.04. The highest BCUT2D eigenvalue weighted by molar-refractivity contribution is 6.07. The fourth-order valence-electron chi connectivity index (χ4n) is 1.57. The molecule has 0 aliphatic heterocycles. The lowest BCUT2D eigenvalue weighted by molar-refractivity contribution is 0.102. The predicted octanol–water partition coefficient (Wildman–Crippen LogP) is 1.06. The van der Waals surface area contributed by atoms with Gasteiger partial charge in [0.25, 0.3) is 0 Å². The number of ketones is 1. The number of pyridine rings is 1. The van der Waals surface area contributed by atoms with Crippen molar-refractivity contribution in [2.75, 3.05) is 0 Å². The molecule has 0 aromatic carbocycles. The number of nitrogens with zero attached hydrogens (tertiary/aromatic N) is 4. The summed E-state index contributed by atoms with van der Waals surface area (Å²) < 4.78 is 1.45. The Balaban J connectivity index is 2.46. The third-order valence-corrected chi connectivity index (χ3v) is 2.38. The summed E-state index contributed by atoms with van der Waals surface area (Å²) in [7, 11) is 1.68. The van der Waals surface area contributed by atoms with Gasteiger partial charge in [-0.05, 0) is 25.0 Å². The Labute approximate surface area is 93.1 Å². The first-order valence-corrected chi connectivity index (χ1v) is 4.92. The molecular weight excluding hydrogens is 204 g/mol. The number of aromatic nitrogens is 4. The largest absolute Gasteiger partial charge is 0.285 e. The Morgan fingerprint density at radius 3 is 2.62 bits per heavy atom. The van der Waals surface area contributed by atoms with Gasteiger partial charge in [0.15, 0.2) is 0 Å². The Bertz CT molecular complexity index is 545. The first-order valence-electron chi connectivity index (χ1n) is 4.92. The first kappa shape index (κ1) is 10.5. The van der Waals surface area contributed by atoms with Crippen LogP contribution >= 0.6 is 0 Å². The Morgan fingerprint density at radius 2 is 2.06 bits per heavy atom. The highest BCUT2D eigenvalue weighted by atomic mass is 16.1. The molecule has 2 aromatic rings. The maximum Gasteiger partial charge on any atom is 0.231 e. The fourth-order valence-corrected chi connectivity index (χ4v) is 1.57. The third-order valence-electron chi connectivity index (χ3n) is 2.38. The molecule has 0 saturated heterocycles. The van der Waals surface area contributed by atoms with Crippen molar-refractivity contribution in [2.45, 2.75) is 13.8 Å². The topological polar surface area (TPSA) is 60.7 Å². The molecule has 0 aliphatic rings. The van der Waals surface area contributed by atoms with E-state index in [0.29, 0.717) is 11.4 Å². The van der Waals surface area contributed by atoms with Crippen LogP contribution in [0.4, 0.5) is 0 Å². The van der Waals surface area contributed by atoms with Crippen LogP contribution in [-0.2, 0) is 7.05 Å². The lowest BCUT2D eigenvalue weighted by atomic mass is 10.1. The van der Waals surface area contributed by atoms with Gasteiger partial charge >= 0.3 is 0 Å². The molecule has 0 amide bonds. The van der Waals surface area contributed by atoms with Crippen molar-refractivity contribution in [3.63, 3.8) is 0 Å². The highest BCUT2D eigenvalue weighted by Gasteiger charge is 2.16. The number of aryl methyl sites for hydroxylation is 3. The molecule has 82 valence electrons. The number of rotatable bonds is 2. The molecule has 0 fully saturated rings. The minimum Gasteiger partial charge on any atom is -0.285 e.